The molecule has 0 amide bonds. The van der Waals surface area contributed by atoms with Gasteiger partial charge in [-0.1, -0.05) is 12.1 Å². The highest BCUT2D eigenvalue weighted by Gasteiger charge is 2.24. The molecule has 0 saturated heterocycles. The van der Waals surface area contributed by atoms with Crippen LogP contribution in [-0.2, 0) is 12.8 Å². The lowest BCUT2D eigenvalue weighted by Gasteiger charge is -2.14. The molecule has 0 bridgehead atoms. The van der Waals surface area contributed by atoms with Crippen LogP contribution in [0.4, 0.5) is 0 Å². The van der Waals surface area contributed by atoms with Gasteiger partial charge in [-0.2, -0.15) is 0 Å². The van der Waals surface area contributed by atoms with E-state index in [-0.39, 0.29) is 6.10 Å². The van der Waals surface area contributed by atoms with Gasteiger partial charge >= 0.3 is 0 Å². The Labute approximate surface area is 134 Å². The van der Waals surface area contributed by atoms with E-state index < -0.39 is 0 Å². The largest absolute Gasteiger partial charge is 0.473 e. The molecule has 0 aliphatic heterocycles. The van der Waals surface area contributed by atoms with Crippen LogP contribution in [0.2, 0.25) is 0 Å². The minimum absolute atomic E-state index is 0.187. The molecular formula is C18H20BrNO. The van der Waals surface area contributed by atoms with Gasteiger partial charge in [0.2, 0.25) is 5.88 Å². The van der Waals surface area contributed by atoms with E-state index in [4.69, 9.17) is 4.74 Å². The zero-order valence-corrected chi connectivity index (χ0v) is 14.5. The van der Waals surface area contributed by atoms with Gasteiger partial charge in [-0.25, -0.2) is 4.98 Å². The number of aromatic nitrogens is 1. The Morgan fingerprint density at radius 1 is 0.952 bits per heavy atom. The fourth-order valence-corrected chi connectivity index (χ4v) is 3.38. The summed E-state index contributed by atoms with van der Waals surface area (Å²) in [5.74, 6) is 0.712. The maximum Gasteiger partial charge on any atom is 0.228 e. The third-order valence-corrected chi connectivity index (χ3v) is 4.94. The van der Waals surface area contributed by atoms with Crippen molar-refractivity contribution in [3.63, 3.8) is 0 Å². The average Bonchev–Trinajstić information content (AvgIpc) is 2.78. The quantitative estimate of drug-likeness (QED) is 0.791. The molecule has 2 aromatic rings. The van der Waals surface area contributed by atoms with Crippen LogP contribution in [-0.4, -0.2) is 11.1 Å². The van der Waals surface area contributed by atoms with Crippen molar-refractivity contribution in [1.82, 2.24) is 4.98 Å². The summed E-state index contributed by atoms with van der Waals surface area (Å²) >= 11 is 3.56. The van der Waals surface area contributed by atoms with E-state index in [1.165, 1.54) is 27.8 Å². The first kappa shape index (κ1) is 14.6. The van der Waals surface area contributed by atoms with Crippen LogP contribution in [0.15, 0.2) is 22.7 Å². The highest BCUT2D eigenvalue weighted by Crippen LogP contribution is 2.31. The Bertz CT molecular complexity index is 678. The first-order chi connectivity index (χ1) is 9.94. The van der Waals surface area contributed by atoms with Crippen molar-refractivity contribution in [3.05, 3.63) is 56.2 Å². The second-order valence-corrected chi connectivity index (χ2v) is 6.89. The van der Waals surface area contributed by atoms with Gasteiger partial charge in [-0.15, -0.1) is 0 Å². The standard InChI is InChI=1S/C18H20BrNO/c1-10-5-14-8-16(9-15(14)6-11(10)2)21-18-17(19)7-12(3)13(4)20-18/h5-7,16H,8-9H2,1-4H3. The number of hydrogen-bond donors (Lipinski definition) is 0. The lowest BCUT2D eigenvalue weighted by molar-refractivity contribution is 0.203. The number of pyridine rings is 1. The lowest BCUT2D eigenvalue weighted by Crippen LogP contribution is -2.17. The van der Waals surface area contributed by atoms with Gasteiger partial charge in [-0.05, 0) is 77.5 Å². The van der Waals surface area contributed by atoms with Crippen molar-refractivity contribution >= 4 is 15.9 Å². The molecule has 1 aliphatic carbocycles. The number of ether oxygens (including phenoxy) is 1. The summed E-state index contributed by atoms with van der Waals surface area (Å²) in [6, 6.07) is 6.68. The van der Waals surface area contributed by atoms with Crippen molar-refractivity contribution in [1.29, 1.82) is 0 Å². The molecule has 0 spiro atoms. The summed E-state index contributed by atoms with van der Waals surface area (Å²) in [6.45, 7) is 8.43. The average molecular weight is 346 g/mol. The molecule has 1 aliphatic rings. The Morgan fingerprint density at radius 2 is 1.52 bits per heavy atom. The fourth-order valence-electron chi connectivity index (χ4n) is 2.85. The molecule has 0 unspecified atom stereocenters. The normalized spacial score (nSPS) is 14.3. The molecule has 0 fully saturated rings. The first-order valence-corrected chi connectivity index (χ1v) is 8.12. The maximum absolute atomic E-state index is 6.15. The number of hydrogen-bond acceptors (Lipinski definition) is 2. The van der Waals surface area contributed by atoms with Crippen molar-refractivity contribution in [2.45, 2.75) is 46.6 Å². The second-order valence-electron chi connectivity index (χ2n) is 6.03. The lowest BCUT2D eigenvalue weighted by atomic mass is 10.0. The molecule has 1 aromatic heterocycles. The van der Waals surface area contributed by atoms with Crippen LogP contribution in [0, 0.1) is 27.7 Å². The highest BCUT2D eigenvalue weighted by molar-refractivity contribution is 9.10. The Kier molecular flexibility index (Phi) is 3.78. The topological polar surface area (TPSA) is 22.1 Å². The van der Waals surface area contributed by atoms with E-state index in [2.05, 4.69) is 59.9 Å². The summed E-state index contributed by atoms with van der Waals surface area (Å²) < 4.78 is 7.08. The highest BCUT2D eigenvalue weighted by atomic mass is 79.9. The molecule has 2 nitrogen and oxygen atoms in total. The summed E-state index contributed by atoms with van der Waals surface area (Å²) in [5, 5.41) is 0. The minimum atomic E-state index is 0.187. The summed E-state index contributed by atoms with van der Waals surface area (Å²) in [7, 11) is 0. The zero-order valence-electron chi connectivity index (χ0n) is 13.0. The van der Waals surface area contributed by atoms with E-state index in [0.29, 0.717) is 5.88 Å². The van der Waals surface area contributed by atoms with Gasteiger partial charge in [0.05, 0.1) is 4.47 Å². The number of nitrogens with zero attached hydrogens (tertiary/aromatic N) is 1. The van der Waals surface area contributed by atoms with E-state index in [1.54, 1.807) is 0 Å². The Hall–Kier alpha value is -1.35. The number of benzene rings is 1. The minimum Gasteiger partial charge on any atom is -0.473 e. The van der Waals surface area contributed by atoms with Gasteiger partial charge in [-0.3, -0.25) is 0 Å². The van der Waals surface area contributed by atoms with Crippen LogP contribution in [0.3, 0.4) is 0 Å². The van der Waals surface area contributed by atoms with E-state index in [9.17, 15) is 0 Å². The third-order valence-electron chi connectivity index (χ3n) is 4.38. The number of fused-ring (bicyclic) bond motifs is 1. The predicted molar refractivity (Wildman–Crippen MR) is 89.2 cm³/mol. The zero-order chi connectivity index (χ0) is 15.1. The van der Waals surface area contributed by atoms with E-state index in [1.807, 2.05) is 6.92 Å². The van der Waals surface area contributed by atoms with Crippen molar-refractivity contribution < 1.29 is 4.74 Å². The smallest absolute Gasteiger partial charge is 0.228 e. The molecule has 1 aromatic carbocycles. The van der Waals surface area contributed by atoms with Crippen molar-refractivity contribution in [3.8, 4) is 5.88 Å². The molecule has 0 N–H and O–H groups in total. The Balaban J connectivity index is 1.81. The molecule has 0 atom stereocenters. The number of halogens is 1. The summed E-state index contributed by atoms with van der Waals surface area (Å²) in [5.41, 5.74) is 7.76. The van der Waals surface area contributed by atoms with Gasteiger partial charge in [0.1, 0.15) is 6.10 Å². The van der Waals surface area contributed by atoms with Gasteiger partial charge in [0, 0.05) is 18.5 Å². The molecule has 21 heavy (non-hydrogen) atoms. The monoisotopic (exact) mass is 345 g/mol. The molecule has 3 rings (SSSR count). The van der Waals surface area contributed by atoms with Crippen molar-refractivity contribution in [2.75, 3.05) is 0 Å². The molecule has 1 heterocycles. The van der Waals surface area contributed by atoms with Crippen LogP contribution < -0.4 is 4.74 Å². The van der Waals surface area contributed by atoms with Gasteiger partial charge in [0.15, 0.2) is 0 Å². The third kappa shape index (κ3) is 2.84. The fraction of sp³-hybridized carbons (Fsp3) is 0.389. The van der Waals surface area contributed by atoms with Crippen LogP contribution >= 0.6 is 15.9 Å². The molecule has 0 radical (unpaired) electrons. The van der Waals surface area contributed by atoms with Crippen LogP contribution in [0.1, 0.15) is 33.5 Å². The maximum atomic E-state index is 6.15. The summed E-state index contributed by atoms with van der Waals surface area (Å²) in [4.78, 5) is 4.56. The SMILES string of the molecule is Cc1cc2c(cc1C)CC(Oc1nc(C)c(C)cc1Br)C2. The first-order valence-electron chi connectivity index (χ1n) is 7.33. The Morgan fingerprint density at radius 3 is 2.10 bits per heavy atom. The van der Waals surface area contributed by atoms with E-state index in [0.717, 1.165) is 23.0 Å². The predicted octanol–water partition coefficient (Wildman–Crippen LogP) is 4.62. The molecule has 0 saturated carbocycles. The second kappa shape index (κ2) is 5.45. The van der Waals surface area contributed by atoms with Gasteiger partial charge in [0.25, 0.3) is 0 Å². The van der Waals surface area contributed by atoms with Gasteiger partial charge < -0.3 is 4.74 Å². The number of aryl methyl sites for hydroxylation is 4. The molecular weight excluding hydrogens is 326 g/mol. The van der Waals surface area contributed by atoms with Crippen LogP contribution in [0.5, 0.6) is 5.88 Å². The summed E-state index contributed by atoms with van der Waals surface area (Å²) in [6.07, 6.45) is 2.13. The number of rotatable bonds is 2. The van der Waals surface area contributed by atoms with Crippen molar-refractivity contribution in [2.24, 2.45) is 0 Å². The molecule has 3 heteroatoms. The van der Waals surface area contributed by atoms with Crippen LogP contribution in [0.25, 0.3) is 0 Å². The van der Waals surface area contributed by atoms with E-state index >= 15 is 0 Å². The molecule has 110 valence electrons.